The monoisotopic (exact) mass is 258 g/mol. The highest BCUT2D eigenvalue weighted by atomic mass is 16.2. The average molecular weight is 258 g/mol. The molecule has 102 valence electrons. The van der Waals surface area contributed by atoms with E-state index in [4.69, 9.17) is 0 Å². The van der Waals surface area contributed by atoms with E-state index >= 15 is 0 Å². The topological polar surface area (TPSA) is 32.3 Å². The summed E-state index contributed by atoms with van der Waals surface area (Å²) < 4.78 is 0. The molecule has 1 N–H and O–H groups in total. The Labute approximate surface area is 115 Å². The fraction of sp³-hybridized carbons (Fsp3) is 0.562. The fourth-order valence-electron chi connectivity index (χ4n) is 3.27. The number of nitrogens with one attached hydrogen (secondary N) is 1. The van der Waals surface area contributed by atoms with Crippen LogP contribution in [-0.2, 0) is 11.2 Å². The van der Waals surface area contributed by atoms with Crippen molar-refractivity contribution in [1.29, 1.82) is 0 Å². The van der Waals surface area contributed by atoms with Crippen LogP contribution in [0.1, 0.15) is 37.3 Å². The molecule has 0 saturated carbocycles. The van der Waals surface area contributed by atoms with Gasteiger partial charge >= 0.3 is 0 Å². The van der Waals surface area contributed by atoms with E-state index < -0.39 is 0 Å². The summed E-state index contributed by atoms with van der Waals surface area (Å²) in [5.41, 5.74) is 2.89. The standard InChI is InChI=1S/C16H22N2O/c1-11(2)17-15-7-8-18(16(15)19)10-13-9-12-5-3-4-6-14(12)13/h3-6,11,13,15,17H,7-10H2,1-2H3. The van der Waals surface area contributed by atoms with Crippen molar-refractivity contribution in [3.8, 4) is 0 Å². The number of hydrogen-bond acceptors (Lipinski definition) is 2. The third kappa shape index (κ3) is 2.39. The van der Waals surface area contributed by atoms with E-state index in [1.807, 2.05) is 4.90 Å². The average Bonchev–Trinajstić information content (AvgIpc) is 2.68. The van der Waals surface area contributed by atoms with Gasteiger partial charge in [0.05, 0.1) is 6.04 Å². The lowest BCUT2D eigenvalue weighted by atomic mass is 9.77. The minimum Gasteiger partial charge on any atom is -0.341 e. The molecular formula is C16H22N2O. The smallest absolute Gasteiger partial charge is 0.239 e. The molecule has 3 nitrogen and oxygen atoms in total. The van der Waals surface area contributed by atoms with E-state index in [1.54, 1.807) is 0 Å². The SMILES string of the molecule is CC(C)NC1CCN(CC2Cc3ccccc32)C1=O. The zero-order valence-corrected chi connectivity index (χ0v) is 11.7. The number of hydrogen-bond donors (Lipinski definition) is 1. The van der Waals surface area contributed by atoms with Crippen LogP contribution < -0.4 is 5.32 Å². The molecule has 1 aliphatic carbocycles. The van der Waals surface area contributed by atoms with Gasteiger partial charge in [0, 0.05) is 25.0 Å². The third-order valence-electron chi connectivity index (χ3n) is 4.23. The first kappa shape index (κ1) is 12.7. The molecule has 2 aliphatic rings. The number of carbonyl (C=O) groups is 1. The number of nitrogens with zero attached hydrogens (tertiary/aromatic N) is 1. The first-order valence-electron chi connectivity index (χ1n) is 7.28. The fourth-order valence-corrected chi connectivity index (χ4v) is 3.27. The Hall–Kier alpha value is -1.35. The molecule has 1 heterocycles. The number of fused-ring (bicyclic) bond motifs is 1. The van der Waals surface area contributed by atoms with E-state index in [1.165, 1.54) is 11.1 Å². The molecule has 1 saturated heterocycles. The Morgan fingerprint density at radius 1 is 1.37 bits per heavy atom. The van der Waals surface area contributed by atoms with Crippen molar-refractivity contribution >= 4 is 5.91 Å². The summed E-state index contributed by atoms with van der Waals surface area (Å²) >= 11 is 0. The van der Waals surface area contributed by atoms with Gasteiger partial charge in [0.2, 0.25) is 5.91 Å². The summed E-state index contributed by atoms with van der Waals surface area (Å²) in [6.45, 7) is 5.99. The van der Waals surface area contributed by atoms with Crippen LogP contribution in [-0.4, -0.2) is 36.0 Å². The predicted molar refractivity (Wildman–Crippen MR) is 76.1 cm³/mol. The molecule has 1 aromatic rings. The highest BCUT2D eigenvalue weighted by Crippen LogP contribution is 2.35. The first-order chi connectivity index (χ1) is 9.15. The molecule has 1 aromatic carbocycles. The lowest BCUT2D eigenvalue weighted by molar-refractivity contribution is -0.129. The molecule has 2 atom stereocenters. The number of amides is 1. The molecule has 0 aromatic heterocycles. The van der Waals surface area contributed by atoms with Crippen molar-refractivity contribution in [3.63, 3.8) is 0 Å². The molecule has 1 fully saturated rings. The van der Waals surface area contributed by atoms with E-state index in [0.29, 0.717) is 12.0 Å². The minimum atomic E-state index is 0.0373. The highest BCUT2D eigenvalue weighted by Gasteiger charge is 2.35. The van der Waals surface area contributed by atoms with Crippen molar-refractivity contribution in [2.75, 3.05) is 13.1 Å². The molecule has 0 bridgehead atoms. The van der Waals surface area contributed by atoms with E-state index in [-0.39, 0.29) is 11.9 Å². The molecule has 1 amide bonds. The van der Waals surface area contributed by atoms with Gasteiger partial charge in [0.15, 0.2) is 0 Å². The van der Waals surface area contributed by atoms with Gasteiger partial charge in [-0.15, -0.1) is 0 Å². The van der Waals surface area contributed by atoms with Crippen LogP contribution in [0.5, 0.6) is 0 Å². The van der Waals surface area contributed by atoms with Crippen molar-refractivity contribution in [3.05, 3.63) is 35.4 Å². The normalized spacial score (nSPS) is 25.6. The van der Waals surface area contributed by atoms with Crippen molar-refractivity contribution < 1.29 is 4.79 Å². The zero-order chi connectivity index (χ0) is 13.4. The Kier molecular flexibility index (Phi) is 3.31. The van der Waals surface area contributed by atoms with E-state index in [9.17, 15) is 4.79 Å². The molecule has 19 heavy (non-hydrogen) atoms. The molecule has 3 heteroatoms. The quantitative estimate of drug-likeness (QED) is 0.895. The van der Waals surface area contributed by atoms with Gasteiger partial charge < -0.3 is 10.2 Å². The lowest BCUT2D eigenvalue weighted by Crippen LogP contribution is -2.43. The van der Waals surface area contributed by atoms with Gasteiger partial charge in [-0.1, -0.05) is 38.1 Å². The Balaban J connectivity index is 1.59. The van der Waals surface area contributed by atoms with Gasteiger partial charge in [-0.25, -0.2) is 0 Å². The van der Waals surface area contributed by atoms with Gasteiger partial charge in [0.25, 0.3) is 0 Å². The summed E-state index contributed by atoms with van der Waals surface area (Å²) in [6.07, 6.45) is 2.08. The summed E-state index contributed by atoms with van der Waals surface area (Å²) in [5.74, 6) is 0.844. The van der Waals surface area contributed by atoms with E-state index in [2.05, 4.69) is 43.4 Å². The Bertz CT molecular complexity index is 483. The minimum absolute atomic E-state index is 0.0373. The predicted octanol–water partition coefficient (Wildman–Crippen LogP) is 1.93. The van der Waals surface area contributed by atoms with Crippen LogP contribution in [0.15, 0.2) is 24.3 Å². The van der Waals surface area contributed by atoms with Gasteiger partial charge in [-0.05, 0) is 24.0 Å². The molecule has 0 radical (unpaired) electrons. The van der Waals surface area contributed by atoms with Crippen LogP contribution in [0.25, 0.3) is 0 Å². The highest BCUT2D eigenvalue weighted by molar-refractivity contribution is 5.84. The van der Waals surface area contributed by atoms with E-state index in [0.717, 1.165) is 25.9 Å². The van der Waals surface area contributed by atoms with Crippen molar-refractivity contribution in [1.82, 2.24) is 10.2 Å². The molecule has 0 spiro atoms. The van der Waals surface area contributed by atoms with Crippen LogP contribution in [0, 0.1) is 0 Å². The molecular weight excluding hydrogens is 236 g/mol. The van der Waals surface area contributed by atoms with Gasteiger partial charge in [-0.2, -0.15) is 0 Å². The largest absolute Gasteiger partial charge is 0.341 e. The molecule has 2 unspecified atom stereocenters. The number of rotatable bonds is 4. The maximum absolute atomic E-state index is 12.3. The lowest BCUT2D eigenvalue weighted by Gasteiger charge is -2.33. The van der Waals surface area contributed by atoms with Gasteiger partial charge in [-0.3, -0.25) is 4.79 Å². The maximum Gasteiger partial charge on any atom is 0.239 e. The third-order valence-corrected chi connectivity index (χ3v) is 4.23. The number of benzene rings is 1. The van der Waals surface area contributed by atoms with Crippen LogP contribution in [0.3, 0.4) is 0 Å². The van der Waals surface area contributed by atoms with Crippen molar-refractivity contribution in [2.45, 2.75) is 44.7 Å². The summed E-state index contributed by atoms with van der Waals surface area (Å²) in [7, 11) is 0. The van der Waals surface area contributed by atoms with Gasteiger partial charge in [0.1, 0.15) is 0 Å². The second-order valence-corrected chi connectivity index (χ2v) is 6.05. The summed E-state index contributed by atoms with van der Waals surface area (Å²) in [5, 5.41) is 3.36. The molecule has 3 rings (SSSR count). The van der Waals surface area contributed by atoms with Crippen LogP contribution >= 0.6 is 0 Å². The second-order valence-electron chi connectivity index (χ2n) is 6.05. The second kappa shape index (κ2) is 4.97. The van der Waals surface area contributed by atoms with Crippen LogP contribution in [0.4, 0.5) is 0 Å². The number of likely N-dealkylation sites (tertiary alicyclic amines) is 1. The van der Waals surface area contributed by atoms with Crippen molar-refractivity contribution in [2.24, 2.45) is 0 Å². The summed E-state index contributed by atoms with van der Waals surface area (Å²) in [6, 6.07) is 9.00. The Morgan fingerprint density at radius 3 is 2.89 bits per heavy atom. The first-order valence-corrected chi connectivity index (χ1v) is 7.28. The molecule has 1 aliphatic heterocycles. The zero-order valence-electron chi connectivity index (χ0n) is 11.7. The maximum atomic E-state index is 12.3. The van der Waals surface area contributed by atoms with Crippen LogP contribution in [0.2, 0.25) is 0 Å². The number of carbonyl (C=O) groups excluding carboxylic acids is 1. The summed E-state index contributed by atoms with van der Waals surface area (Å²) in [4.78, 5) is 14.3. The Morgan fingerprint density at radius 2 is 2.16 bits per heavy atom.